The third-order valence-corrected chi connectivity index (χ3v) is 4.17. The van der Waals surface area contributed by atoms with Gasteiger partial charge in [0.15, 0.2) is 0 Å². The van der Waals surface area contributed by atoms with Crippen LogP contribution in [0.3, 0.4) is 0 Å². The largest absolute Gasteiger partial charge is 0.100 e. The van der Waals surface area contributed by atoms with E-state index in [1.54, 1.807) is 0 Å². The van der Waals surface area contributed by atoms with Crippen LogP contribution in [0.4, 0.5) is 0 Å². The molecular weight excluding hydrogens is 168 g/mol. The first-order chi connectivity index (χ1) is 6.52. The lowest BCUT2D eigenvalue weighted by molar-refractivity contribution is 0.131. The third kappa shape index (κ3) is 2.87. The van der Waals surface area contributed by atoms with Crippen LogP contribution in [0.2, 0.25) is 0 Å². The molecule has 0 saturated heterocycles. The Kier molecular flexibility index (Phi) is 4.22. The van der Waals surface area contributed by atoms with E-state index in [1.165, 1.54) is 31.3 Å². The molecular formula is C14H26. The molecule has 0 nitrogen and oxygen atoms in total. The van der Waals surface area contributed by atoms with E-state index in [-0.39, 0.29) is 0 Å². The van der Waals surface area contributed by atoms with Gasteiger partial charge < -0.3 is 0 Å². The lowest BCUT2D eigenvalue weighted by atomic mass is 9.68. The summed E-state index contributed by atoms with van der Waals surface area (Å²) in [5.74, 6) is 3.63. The highest BCUT2D eigenvalue weighted by molar-refractivity contribution is 4.92. The Morgan fingerprint density at radius 2 is 2.00 bits per heavy atom. The second-order valence-corrected chi connectivity index (χ2v) is 5.57. The fourth-order valence-corrected chi connectivity index (χ4v) is 3.13. The van der Waals surface area contributed by atoms with Crippen molar-refractivity contribution in [3.63, 3.8) is 0 Å². The Morgan fingerprint density at radius 1 is 1.36 bits per heavy atom. The Labute approximate surface area is 89.8 Å². The minimum atomic E-state index is 0.838. The van der Waals surface area contributed by atoms with Gasteiger partial charge in [-0.3, -0.25) is 0 Å². The van der Waals surface area contributed by atoms with E-state index in [0.717, 1.165) is 23.7 Å². The summed E-state index contributed by atoms with van der Waals surface area (Å²) in [5.41, 5.74) is 1.35. The predicted molar refractivity (Wildman–Crippen MR) is 64.3 cm³/mol. The van der Waals surface area contributed by atoms with Crippen LogP contribution in [-0.4, -0.2) is 0 Å². The molecule has 0 aromatic rings. The molecule has 14 heavy (non-hydrogen) atoms. The van der Waals surface area contributed by atoms with Gasteiger partial charge >= 0.3 is 0 Å². The van der Waals surface area contributed by atoms with Gasteiger partial charge in [0, 0.05) is 0 Å². The van der Waals surface area contributed by atoms with E-state index in [0.29, 0.717) is 0 Å². The second kappa shape index (κ2) is 5.00. The molecule has 4 atom stereocenters. The van der Waals surface area contributed by atoms with E-state index in [1.807, 2.05) is 0 Å². The monoisotopic (exact) mass is 194 g/mol. The van der Waals surface area contributed by atoms with Crippen LogP contribution in [0.1, 0.15) is 53.4 Å². The molecule has 0 aromatic carbocycles. The molecule has 0 heteroatoms. The quantitative estimate of drug-likeness (QED) is 0.573. The van der Waals surface area contributed by atoms with Gasteiger partial charge in [0.05, 0.1) is 0 Å². The summed E-state index contributed by atoms with van der Waals surface area (Å²) >= 11 is 0. The van der Waals surface area contributed by atoms with Crippen molar-refractivity contribution >= 4 is 0 Å². The summed E-state index contributed by atoms with van der Waals surface area (Å²) in [6, 6.07) is 0. The maximum Gasteiger partial charge on any atom is -0.0297 e. The minimum Gasteiger partial charge on any atom is -0.100 e. The molecule has 4 unspecified atom stereocenters. The first-order valence-corrected chi connectivity index (χ1v) is 6.16. The number of rotatable bonds is 3. The molecule has 1 saturated carbocycles. The van der Waals surface area contributed by atoms with Gasteiger partial charge in [-0.25, -0.2) is 0 Å². The zero-order valence-corrected chi connectivity index (χ0v) is 10.3. The first-order valence-electron chi connectivity index (χ1n) is 6.16. The topological polar surface area (TPSA) is 0 Å². The minimum absolute atomic E-state index is 0.838. The van der Waals surface area contributed by atoms with Gasteiger partial charge in [0.2, 0.25) is 0 Å². The standard InChI is InChI=1S/C14H26/c1-10(2)9-12(4)14-8-6-7-11(3)13(14)5/h11-14H,1,6-9H2,2-5H3. The molecule has 1 fully saturated rings. The van der Waals surface area contributed by atoms with E-state index < -0.39 is 0 Å². The summed E-state index contributed by atoms with van der Waals surface area (Å²) in [6.45, 7) is 13.5. The molecule has 1 aliphatic rings. The fraction of sp³-hybridized carbons (Fsp3) is 0.857. The lowest BCUT2D eigenvalue weighted by Gasteiger charge is -2.38. The smallest absolute Gasteiger partial charge is 0.0297 e. The van der Waals surface area contributed by atoms with E-state index in [9.17, 15) is 0 Å². The highest BCUT2D eigenvalue weighted by atomic mass is 14.4. The van der Waals surface area contributed by atoms with Crippen molar-refractivity contribution in [1.29, 1.82) is 0 Å². The first kappa shape index (κ1) is 11.8. The van der Waals surface area contributed by atoms with Crippen molar-refractivity contribution in [2.75, 3.05) is 0 Å². The van der Waals surface area contributed by atoms with Crippen LogP contribution in [0, 0.1) is 23.7 Å². The average Bonchev–Trinajstić information content (AvgIpc) is 2.08. The van der Waals surface area contributed by atoms with E-state index >= 15 is 0 Å². The van der Waals surface area contributed by atoms with Crippen LogP contribution in [0.15, 0.2) is 12.2 Å². The summed E-state index contributed by atoms with van der Waals surface area (Å²) in [6.07, 6.45) is 5.55. The summed E-state index contributed by atoms with van der Waals surface area (Å²) in [4.78, 5) is 0. The molecule has 1 aliphatic carbocycles. The second-order valence-electron chi connectivity index (χ2n) is 5.57. The Hall–Kier alpha value is -0.260. The van der Waals surface area contributed by atoms with Crippen molar-refractivity contribution in [3.05, 3.63) is 12.2 Å². The van der Waals surface area contributed by atoms with Crippen molar-refractivity contribution in [2.45, 2.75) is 53.4 Å². The van der Waals surface area contributed by atoms with Gasteiger partial charge in [-0.15, -0.1) is 6.58 Å². The third-order valence-electron chi connectivity index (χ3n) is 4.17. The van der Waals surface area contributed by atoms with Crippen molar-refractivity contribution in [1.82, 2.24) is 0 Å². The van der Waals surface area contributed by atoms with Crippen molar-refractivity contribution in [2.24, 2.45) is 23.7 Å². The Balaban J connectivity index is 2.52. The Morgan fingerprint density at radius 3 is 2.57 bits per heavy atom. The summed E-state index contributed by atoms with van der Waals surface area (Å²) in [7, 11) is 0. The molecule has 0 radical (unpaired) electrons. The van der Waals surface area contributed by atoms with Crippen molar-refractivity contribution in [3.8, 4) is 0 Å². The van der Waals surface area contributed by atoms with Gasteiger partial charge in [-0.05, 0) is 43.4 Å². The number of hydrogen-bond donors (Lipinski definition) is 0. The maximum absolute atomic E-state index is 4.03. The predicted octanol–water partition coefficient (Wildman–Crippen LogP) is 4.66. The maximum atomic E-state index is 4.03. The van der Waals surface area contributed by atoms with Crippen LogP contribution >= 0.6 is 0 Å². The van der Waals surface area contributed by atoms with E-state index in [2.05, 4.69) is 34.3 Å². The molecule has 0 spiro atoms. The fourth-order valence-electron chi connectivity index (χ4n) is 3.13. The van der Waals surface area contributed by atoms with Gasteiger partial charge in [0.25, 0.3) is 0 Å². The van der Waals surface area contributed by atoms with Crippen LogP contribution in [0.5, 0.6) is 0 Å². The number of hydrogen-bond acceptors (Lipinski definition) is 0. The SMILES string of the molecule is C=C(C)CC(C)C1CCCC(C)C1C. The molecule has 0 bridgehead atoms. The normalized spacial score (nSPS) is 35.3. The zero-order valence-electron chi connectivity index (χ0n) is 10.3. The molecule has 0 N–H and O–H groups in total. The van der Waals surface area contributed by atoms with Gasteiger partial charge in [-0.1, -0.05) is 39.2 Å². The van der Waals surface area contributed by atoms with E-state index in [4.69, 9.17) is 0 Å². The molecule has 1 rings (SSSR count). The summed E-state index contributed by atoms with van der Waals surface area (Å²) in [5, 5.41) is 0. The Bertz CT molecular complexity index is 192. The number of allylic oxidation sites excluding steroid dienone is 1. The van der Waals surface area contributed by atoms with Crippen LogP contribution in [-0.2, 0) is 0 Å². The van der Waals surface area contributed by atoms with Gasteiger partial charge in [-0.2, -0.15) is 0 Å². The molecule has 82 valence electrons. The lowest BCUT2D eigenvalue weighted by Crippen LogP contribution is -2.29. The van der Waals surface area contributed by atoms with Crippen LogP contribution in [0.25, 0.3) is 0 Å². The molecule has 0 aromatic heterocycles. The van der Waals surface area contributed by atoms with Crippen LogP contribution < -0.4 is 0 Å². The summed E-state index contributed by atoms with van der Waals surface area (Å²) < 4.78 is 0. The van der Waals surface area contributed by atoms with Gasteiger partial charge in [0.1, 0.15) is 0 Å². The molecule has 0 aliphatic heterocycles. The van der Waals surface area contributed by atoms with Crippen molar-refractivity contribution < 1.29 is 0 Å². The average molecular weight is 194 g/mol. The molecule has 0 amide bonds. The molecule has 0 heterocycles. The highest BCUT2D eigenvalue weighted by Crippen LogP contribution is 2.40. The highest BCUT2D eigenvalue weighted by Gasteiger charge is 2.30. The zero-order chi connectivity index (χ0) is 10.7.